The lowest BCUT2D eigenvalue weighted by atomic mass is 9.76. The molecule has 3 aliphatic heterocycles. The molecular formula is C20H23F3N2O3. The minimum absolute atomic E-state index is 0.0187. The van der Waals surface area contributed by atoms with Crippen LogP contribution in [0.5, 0.6) is 5.75 Å². The van der Waals surface area contributed by atoms with E-state index in [2.05, 4.69) is 4.74 Å². The first kappa shape index (κ1) is 19.1. The number of benzene rings is 1. The van der Waals surface area contributed by atoms with Gasteiger partial charge in [-0.2, -0.15) is 0 Å². The molecular weight excluding hydrogens is 373 g/mol. The third-order valence-electron chi connectivity index (χ3n) is 6.04. The second-order valence-corrected chi connectivity index (χ2v) is 8.03. The number of carbonyl (C=O) groups is 2. The molecule has 3 aliphatic rings. The lowest BCUT2D eigenvalue weighted by Crippen LogP contribution is -2.61. The first-order valence-electron chi connectivity index (χ1n) is 9.70. The van der Waals surface area contributed by atoms with Gasteiger partial charge in [0, 0.05) is 32.1 Å². The lowest BCUT2D eigenvalue weighted by molar-refractivity contribution is -0.274. The van der Waals surface area contributed by atoms with Crippen LogP contribution in [0.2, 0.25) is 0 Å². The molecule has 0 radical (unpaired) electrons. The van der Waals surface area contributed by atoms with E-state index in [1.807, 2.05) is 9.80 Å². The van der Waals surface area contributed by atoms with Crippen LogP contribution in [0.15, 0.2) is 24.3 Å². The fourth-order valence-electron chi connectivity index (χ4n) is 4.91. The molecule has 3 atom stereocenters. The molecule has 3 heterocycles. The van der Waals surface area contributed by atoms with E-state index < -0.39 is 6.36 Å². The molecule has 3 fully saturated rings. The second-order valence-electron chi connectivity index (χ2n) is 8.03. The lowest BCUT2D eigenvalue weighted by Gasteiger charge is -2.52. The van der Waals surface area contributed by atoms with Gasteiger partial charge < -0.3 is 14.5 Å². The minimum Gasteiger partial charge on any atom is -0.406 e. The number of fused-ring (bicyclic) bond motifs is 4. The van der Waals surface area contributed by atoms with Crippen molar-refractivity contribution in [2.75, 3.05) is 19.6 Å². The summed E-state index contributed by atoms with van der Waals surface area (Å²) < 4.78 is 40.6. The minimum atomic E-state index is -4.72. The number of likely N-dealkylation sites (tertiary alicyclic amines) is 1. The standard InChI is InChI=1S/C20H23F3N2O3/c21-20(22,23)28-16-6-4-13(5-7-16)9-19(27)24-10-14-8-15(12-24)17-2-1-3-18(26)25(17)11-14/h4-7,14-15,17H,1-3,8-12H2/t14-,15-,17-/m1/s1. The van der Waals surface area contributed by atoms with Gasteiger partial charge >= 0.3 is 6.36 Å². The van der Waals surface area contributed by atoms with E-state index in [4.69, 9.17) is 0 Å². The van der Waals surface area contributed by atoms with Crippen LogP contribution < -0.4 is 4.74 Å². The molecule has 0 aliphatic carbocycles. The number of rotatable bonds is 3. The molecule has 28 heavy (non-hydrogen) atoms. The average Bonchev–Trinajstić information content (AvgIpc) is 2.63. The van der Waals surface area contributed by atoms with Crippen LogP contribution in [-0.2, 0) is 16.0 Å². The highest BCUT2D eigenvalue weighted by Gasteiger charge is 2.44. The van der Waals surface area contributed by atoms with Crippen molar-refractivity contribution in [3.63, 3.8) is 0 Å². The highest BCUT2D eigenvalue weighted by molar-refractivity contribution is 5.79. The summed E-state index contributed by atoms with van der Waals surface area (Å²) in [5.74, 6) is 0.562. The van der Waals surface area contributed by atoms with Gasteiger partial charge in [-0.3, -0.25) is 9.59 Å². The molecule has 0 aromatic heterocycles. The van der Waals surface area contributed by atoms with E-state index in [1.54, 1.807) is 0 Å². The van der Waals surface area contributed by atoms with Gasteiger partial charge in [0.15, 0.2) is 0 Å². The Morgan fingerprint density at radius 1 is 1.14 bits per heavy atom. The highest BCUT2D eigenvalue weighted by atomic mass is 19.4. The first-order chi connectivity index (χ1) is 13.3. The predicted molar refractivity (Wildman–Crippen MR) is 94.4 cm³/mol. The summed E-state index contributed by atoms with van der Waals surface area (Å²) in [5.41, 5.74) is 0.657. The van der Waals surface area contributed by atoms with E-state index in [-0.39, 0.29) is 30.0 Å². The molecule has 0 unspecified atom stereocenters. The SMILES string of the molecule is O=C(Cc1ccc(OC(F)(F)F)cc1)N1C[C@H]2C[C@H](C1)[C@H]1CCCC(=O)N1C2. The van der Waals surface area contributed by atoms with Crippen LogP contribution in [0, 0.1) is 11.8 Å². The second kappa shape index (κ2) is 7.29. The fourth-order valence-corrected chi connectivity index (χ4v) is 4.91. The summed E-state index contributed by atoms with van der Waals surface area (Å²) in [4.78, 5) is 28.9. The summed E-state index contributed by atoms with van der Waals surface area (Å²) in [6.45, 7) is 2.02. The zero-order valence-electron chi connectivity index (χ0n) is 15.5. The van der Waals surface area contributed by atoms with Crippen molar-refractivity contribution >= 4 is 11.8 Å². The summed E-state index contributed by atoms with van der Waals surface area (Å²) in [6.07, 6.45) is -0.960. The molecule has 4 rings (SSSR count). The Labute approximate surface area is 161 Å². The third kappa shape index (κ3) is 4.10. The predicted octanol–water partition coefficient (Wildman–Crippen LogP) is 2.99. The largest absolute Gasteiger partial charge is 0.573 e. The van der Waals surface area contributed by atoms with Gasteiger partial charge in [-0.1, -0.05) is 12.1 Å². The number of alkyl halides is 3. The van der Waals surface area contributed by atoms with Crippen molar-refractivity contribution in [3.8, 4) is 5.75 Å². The first-order valence-corrected chi connectivity index (χ1v) is 9.70. The molecule has 0 spiro atoms. The smallest absolute Gasteiger partial charge is 0.406 e. The number of ether oxygens (including phenoxy) is 1. The van der Waals surface area contributed by atoms with Gasteiger partial charge in [-0.25, -0.2) is 0 Å². The van der Waals surface area contributed by atoms with Crippen LogP contribution in [0.25, 0.3) is 0 Å². The monoisotopic (exact) mass is 396 g/mol. The van der Waals surface area contributed by atoms with Crippen LogP contribution >= 0.6 is 0 Å². The quantitative estimate of drug-likeness (QED) is 0.789. The van der Waals surface area contributed by atoms with Gasteiger partial charge in [0.1, 0.15) is 5.75 Å². The fraction of sp³-hybridized carbons (Fsp3) is 0.600. The summed E-state index contributed by atoms with van der Waals surface area (Å²) in [6, 6.07) is 5.68. The van der Waals surface area contributed by atoms with Crippen molar-refractivity contribution in [2.24, 2.45) is 11.8 Å². The molecule has 1 aromatic carbocycles. The van der Waals surface area contributed by atoms with Crippen molar-refractivity contribution in [1.29, 1.82) is 0 Å². The third-order valence-corrected chi connectivity index (χ3v) is 6.04. The number of nitrogens with zero attached hydrogens (tertiary/aromatic N) is 2. The number of carbonyl (C=O) groups excluding carboxylic acids is 2. The molecule has 3 saturated heterocycles. The molecule has 0 N–H and O–H groups in total. The van der Waals surface area contributed by atoms with Crippen molar-refractivity contribution < 1.29 is 27.5 Å². The van der Waals surface area contributed by atoms with Gasteiger partial charge in [-0.05, 0) is 48.8 Å². The van der Waals surface area contributed by atoms with Crippen LogP contribution in [0.3, 0.4) is 0 Å². The number of hydrogen-bond donors (Lipinski definition) is 0. The molecule has 0 saturated carbocycles. The van der Waals surface area contributed by atoms with Crippen LogP contribution in [0.1, 0.15) is 31.2 Å². The zero-order chi connectivity index (χ0) is 19.9. The van der Waals surface area contributed by atoms with Gasteiger partial charge in [-0.15, -0.1) is 13.2 Å². The van der Waals surface area contributed by atoms with Gasteiger partial charge in [0.25, 0.3) is 0 Å². The summed E-state index contributed by atoms with van der Waals surface area (Å²) in [5, 5.41) is 0. The topological polar surface area (TPSA) is 49.9 Å². The molecule has 152 valence electrons. The van der Waals surface area contributed by atoms with E-state index >= 15 is 0 Å². The van der Waals surface area contributed by atoms with Crippen molar-refractivity contribution in [3.05, 3.63) is 29.8 Å². The Hall–Kier alpha value is -2.25. The van der Waals surface area contributed by atoms with E-state index in [1.165, 1.54) is 24.3 Å². The van der Waals surface area contributed by atoms with Crippen LogP contribution in [-0.4, -0.2) is 53.7 Å². The van der Waals surface area contributed by atoms with Gasteiger partial charge in [0.05, 0.1) is 6.42 Å². The number of hydrogen-bond acceptors (Lipinski definition) is 3. The van der Waals surface area contributed by atoms with E-state index in [0.717, 1.165) is 25.8 Å². The van der Waals surface area contributed by atoms with Crippen molar-refractivity contribution in [1.82, 2.24) is 9.80 Å². The summed E-state index contributed by atoms with van der Waals surface area (Å²) >= 11 is 0. The van der Waals surface area contributed by atoms with Gasteiger partial charge in [0.2, 0.25) is 11.8 Å². The number of halogens is 3. The maximum absolute atomic E-state index is 12.8. The van der Waals surface area contributed by atoms with Crippen LogP contribution in [0.4, 0.5) is 13.2 Å². The van der Waals surface area contributed by atoms with Crippen molar-refractivity contribution in [2.45, 2.75) is 44.5 Å². The average molecular weight is 396 g/mol. The zero-order valence-corrected chi connectivity index (χ0v) is 15.5. The van der Waals surface area contributed by atoms with E-state index in [0.29, 0.717) is 36.9 Å². The summed E-state index contributed by atoms with van der Waals surface area (Å²) in [7, 11) is 0. The Morgan fingerprint density at radius 3 is 2.61 bits per heavy atom. The normalized spacial score (nSPS) is 27.4. The molecule has 5 nitrogen and oxygen atoms in total. The Kier molecular flexibility index (Phi) is 4.97. The Balaban J connectivity index is 1.38. The molecule has 1 aromatic rings. The Bertz CT molecular complexity index is 750. The van der Waals surface area contributed by atoms with E-state index in [9.17, 15) is 22.8 Å². The highest BCUT2D eigenvalue weighted by Crippen LogP contribution is 2.38. The molecule has 2 bridgehead atoms. The molecule has 8 heteroatoms. The Morgan fingerprint density at radius 2 is 1.89 bits per heavy atom. The number of amides is 2. The maximum Gasteiger partial charge on any atom is 0.573 e. The number of piperidine rings is 3. The molecule has 2 amide bonds. The maximum atomic E-state index is 12.8.